The number of carbonyl (C=O) groups excluding carboxylic acids is 5. The molecule has 2 aromatic rings. The monoisotopic (exact) mass is 816 g/mol. The van der Waals surface area contributed by atoms with Crippen molar-refractivity contribution in [2.24, 2.45) is 17.8 Å². The number of amides is 4. The molecular weight excluding hydrogens is 766 g/mol. The van der Waals surface area contributed by atoms with E-state index in [1.807, 2.05) is 60.7 Å². The maximum absolute atomic E-state index is 14.3. The Balaban J connectivity index is 1.19. The molecule has 0 bridgehead atoms. The summed E-state index contributed by atoms with van der Waals surface area (Å²) in [4.78, 5) is 71.9. The number of carbonyl (C=O) groups is 5. The molecule has 0 aliphatic carbocycles. The summed E-state index contributed by atoms with van der Waals surface area (Å²) in [6.07, 6.45) is -0.194. The van der Waals surface area contributed by atoms with E-state index in [0.717, 1.165) is 24.0 Å². The molecule has 4 aliphatic rings. The third kappa shape index (κ3) is 10.4. The minimum Gasteiger partial charge on any atom is -0.467 e. The van der Waals surface area contributed by atoms with Crippen LogP contribution in [0, 0.1) is 17.8 Å². The number of hydrogen-bond donors (Lipinski definition) is 2. The quantitative estimate of drug-likeness (QED) is 0.261. The third-order valence-electron chi connectivity index (χ3n) is 11.5. The highest BCUT2D eigenvalue weighted by Crippen LogP contribution is 2.40. The highest BCUT2D eigenvalue weighted by Gasteiger charge is 2.48. The lowest BCUT2D eigenvalue weighted by Crippen LogP contribution is -2.57. The standard InChI is InChI=1S/C41H51F3N4O6S2/c1-54-40(53)33-13-8-14-35-48(33)39(52)32(20-22-56-35)46-37(50)29(24-27-11-6-3-7-12-27)16-15-28(23-26-9-4-2-5-10-26)36(49)45-31-19-21-55-34-18-17-30(41(42,43)44)25-47(34)38(31)51/h2-7,9-12,28-35H,8,13-25H2,1H3,(H,45,49)(H,46,50)/t28-,29-,30+,31+,32+,33+,34?,35+/m1/s1. The fourth-order valence-electron chi connectivity index (χ4n) is 8.38. The van der Waals surface area contributed by atoms with Gasteiger partial charge >= 0.3 is 12.1 Å². The number of halogens is 3. The summed E-state index contributed by atoms with van der Waals surface area (Å²) in [5.74, 6) is -3.69. The van der Waals surface area contributed by atoms with E-state index < -0.39 is 60.5 Å². The number of fused-ring (bicyclic) bond motifs is 2. The Morgan fingerprint density at radius 1 is 0.750 bits per heavy atom. The molecule has 10 nitrogen and oxygen atoms in total. The zero-order valence-electron chi connectivity index (χ0n) is 31.6. The van der Waals surface area contributed by atoms with Crippen LogP contribution in [0.15, 0.2) is 60.7 Å². The normalized spacial score (nSPS) is 26.8. The minimum absolute atomic E-state index is 0.0283. The Bertz CT molecular complexity index is 1690. The number of benzene rings is 2. The lowest BCUT2D eigenvalue weighted by Gasteiger charge is -2.40. The molecule has 4 saturated heterocycles. The number of thioether (sulfide) groups is 2. The Kier molecular flexibility index (Phi) is 14.3. The first-order valence-electron chi connectivity index (χ1n) is 19.6. The Morgan fingerprint density at radius 2 is 1.29 bits per heavy atom. The number of piperidine rings is 2. The first-order valence-corrected chi connectivity index (χ1v) is 21.7. The van der Waals surface area contributed by atoms with Crippen LogP contribution in [0.4, 0.5) is 13.2 Å². The largest absolute Gasteiger partial charge is 0.467 e. The molecule has 2 aromatic carbocycles. The fraction of sp³-hybridized carbons (Fsp3) is 0.585. The van der Waals surface area contributed by atoms with E-state index in [4.69, 9.17) is 4.74 Å². The highest BCUT2D eigenvalue weighted by molar-refractivity contribution is 8.00. The summed E-state index contributed by atoms with van der Waals surface area (Å²) in [5, 5.41) is 5.43. The predicted octanol–water partition coefficient (Wildman–Crippen LogP) is 5.74. The van der Waals surface area contributed by atoms with Gasteiger partial charge < -0.3 is 25.2 Å². The number of methoxy groups -OCH3 is 1. The Hall–Kier alpha value is -3.72. The zero-order valence-corrected chi connectivity index (χ0v) is 33.2. The van der Waals surface area contributed by atoms with Crippen LogP contribution in [0.1, 0.15) is 68.9 Å². The number of esters is 1. The summed E-state index contributed by atoms with van der Waals surface area (Å²) in [6.45, 7) is -0.417. The SMILES string of the molecule is COC(=O)[C@@H]1CCC[C@@H]2SCC[C@H](NC(=O)[C@H](CC[C@H](Cc3ccccc3)C(=O)N[C@H]3CCSC4CC[C@H](C(F)(F)F)CN4C3=O)Cc3ccccc3)C(=O)N21. The van der Waals surface area contributed by atoms with Crippen molar-refractivity contribution in [1.82, 2.24) is 20.4 Å². The number of ether oxygens (including phenoxy) is 1. The number of nitrogens with one attached hydrogen (secondary N) is 2. The minimum atomic E-state index is -4.41. The summed E-state index contributed by atoms with van der Waals surface area (Å²) < 4.78 is 46.2. The lowest BCUT2D eigenvalue weighted by atomic mass is 9.86. The van der Waals surface area contributed by atoms with Gasteiger partial charge in [-0.25, -0.2) is 4.79 Å². The molecule has 304 valence electrons. The second-order valence-electron chi connectivity index (χ2n) is 15.2. The van der Waals surface area contributed by atoms with Crippen LogP contribution in [0.5, 0.6) is 0 Å². The molecule has 15 heteroatoms. The molecule has 1 unspecified atom stereocenters. The number of nitrogens with zero attached hydrogens (tertiary/aromatic N) is 2. The van der Waals surface area contributed by atoms with Gasteiger partial charge in [0.2, 0.25) is 23.6 Å². The molecule has 0 radical (unpaired) electrons. The van der Waals surface area contributed by atoms with Crippen LogP contribution in [0.3, 0.4) is 0 Å². The van der Waals surface area contributed by atoms with Crippen molar-refractivity contribution in [3.8, 4) is 0 Å². The van der Waals surface area contributed by atoms with E-state index in [-0.39, 0.29) is 54.2 Å². The van der Waals surface area contributed by atoms with Gasteiger partial charge in [-0.2, -0.15) is 13.2 Å². The van der Waals surface area contributed by atoms with Gasteiger partial charge in [-0.15, -0.1) is 23.5 Å². The summed E-state index contributed by atoms with van der Waals surface area (Å²) >= 11 is 3.07. The van der Waals surface area contributed by atoms with E-state index in [1.165, 1.54) is 23.8 Å². The van der Waals surface area contributed by atoms with Crippen molar-refractivity contribution in [3.63, 3.8) is 0 Å². The summed E-state index contributed by atoms with van der Waals surface area (Å²) in [7, 11) is 1.31. The molecule has 4 amide bonds. The first-order chi connectivity index (χ1) is 26.9. The van der Waals surface area contributed by atoms with Gasteiger partial charge in [0.1, 0.15) is 18.1 Å². The average molecular weight is 817 g/mol. The second-order valence-corrected chi connectivity index (χ2v) is 17.8. The Labute approximate surface area is 334 Å². The van der Waals surface area contributed by atoms with Crippen LogP contribution >= 0.6 is 23.5 Å². The van der Waals surface area contributed by atoms with Crippen molar-refractivity contribution in [1.29, 1.82) is 0 Å². The molecule has 0 aromatic heterocycles. The van der Waals surface area contributed by atoms with Crippen molar-refractivity contribution in [3.05, 3.63) is 71.8 Å². The predicted molar refractivity (Wildman–Crippen MR) is 209 cm³/mol. The van der Waals surface area contributed by atoms with Gasteiger partial charge in [-0.1, -0.05) is 60.7 Å². The number of hydrogen-bond acceptors (Lipinski definition) is 8. The molecule has 2 N–H and O–H groups in total. The van der Waals surface area contributed by atoms with E-state index in [9.17, 15) is 37.1 Å². The van der Waals surface area contributed by atoms with E-state index in [0.29, 0.717) is 43.6 Å². The van der Waals surface area contributed by atoms with Gasteiger partial charge in [0.15, 0.2) is 0 Å². The second kappa shape index (κ2) is 19.1. The molecule has 4 heterocycles. The smallest absolute Gasteiger partial charge is 0.393 e. The van der Waals surface area contributed by atoms with Crippen molar-refractivity contribution < 1.29 is 41.9 Å². The van der Waals surface area contributed by atoms with Crippen molar-refractivity contribution in [2.45, 2.75) is 106 Å². The lowest BCUT2D eigenvalue weighted by molar-refractivity contribution is -0.189. The van der Waals surface area contributed by atoms with E-state index in [1.54, 1.807) is 16.7 Å². The van der Waals surface area contributed by atoms with E-state index in [2.05, 4.69) is 10.6 Å². The van der Waals surface area contributed by atoms with Crippen LogP contribution < -0.4 is 10.6 Å². The summed E-state index contributed by atoms with van der Waals surface area (Å²) in [6, 6.07) is 16.4. The highest BCUT2D eigenvalue weighted by atomic mass is 32.2. The molecule has 56 heavy (non-hydrogen) atoms. The van der Waals surface area contributed by atoms with Crippen LogP contribution in [0.2, 0.25) is 0 Å². The average Bonchev–Trinajstić information content (AvgIpc) is 3.45. The first kappa shape index (κ1) is 41.9. The number of alkyl halides is 3. The molecule has 0 spiro atoms. The van der Waals surface area contributed by atoms with E-state index >= 15 is 0 Å². The van der Waals surface area contributed by atoms with Crippen molar-refractivity contribution in [2.75, 3.05) is 25.2 Å². The van der Waals surface area contributed by atoms with Gasteiger partial charge in [0.25, 0.3) is 0 Å². The molecule has 6 rings (SSSR count). The maximum Gasteiger partial charge on any atom is 0.393 e. The molecular formula is C41H51F3N4O6S2. The Morgan fingerprint density at radius 3 is 1.82 bits per heavy atom. The molecule has 0 saturated carbocycles. The van der Waals surface area contributed by atoms with Crippen molar-refractivity contribution >= 4 is 53.1 Å². The van der Waals surface area contributed by atoms with Gasteiger partial charge in [0.05, 0.1) is 23.8 Å². The summed E-state index contributed by atoms with van der Waals surface area (Å²) in [5.41, 5.74) is 1.80. The molecule has 8 atom stereocenters. The maximum atomic E-state index is 14.3. The molecule has 4 fully saturated rings. The van der Waals surface area contributed by atoms with Crippen LogP contribution in [0.25, 0.3) is 0 Å². The van der Waals surface area contributed by atoms with Gasteiger partial charge in [0, 0.05) is 18.4 Å². The molecule has 4 aliphatic heterocycles. The van der Waals surface area contributed by atoms with Gasteiger partial charge in [-0.3, -0.25) is 19.2 Å². The number of rotatable bonds is 12. The topological polar surface area (TPSA) is 125 Å². The van der Waals surface area contributed by atoms with Gasteiger partial charge in [-0.05, 0) is 93.3 Å². The van der Waals surface area contributed by atoms with Crippen LogP contribution in [-0.4, -0.2) is 99.6 Å². The third-order valence-corrected chi connectivity index (χ3v) is 14.2. The van der Waals surface area contributed by atoms with Crippen LogP contribution in [-0.2, 0) is 41.6 Å². The zero-order chi connectivity index (χ0) is 39.8. The fourth-order valence-corrected chi connectivity index (χ4v) is 11.1.